The number of carbonyl (C=O) groups is 2. The first kappa shape index (κ1) is 14.4. The molecule has 18 heavy (non-hydrogen) atoms. The number of halogens is 1. The van der Waals surface area contributed by atoms with E-state index in [2.05, 4.69) is 29.1 Å². The highest BCUT2D eigenvalue weighted by molar-refractivity contribution is 9.10. The number of rotatable bonds is 3. The first-order valence-corrected chi connectivity index (χ1v) is 6.10. The topological polar surface area (TPSA) is 37.4 Å². The van der Waals surface area contributed by atoms with Gasteiger partial charge in [-0.15, -0.1) is 0 Å². The molecule has 0 fully saturated rings. The van der Waals surface area contributed by atoms with Crippen LogP contribution in [-0.2, 0) is 9.59 Å². The van der Waals surface area contributed by atoms with Crippen LogP contribution in [0.5, 0.6) is 0 Å². The Kier molecular flexibility index (Phi) is 4.62. The third kappa shape index (κ3) is 2.96. The van der Waals surface area contributed by atoms with Gasteiger partial charge < -0.3 is 0 Å². The zero-order valence-corrected chi connectivity index (χ0v) is 12.0. The van der Waals surface area contributed by atoms with E-state index >= 15 is 0 Å². The maximum atomic E-state index is 11.9. The second-order valence-electron chi connectivity index (χ2n) is 3.87. The van der Waals surface area contributed by atoms with Gasteiger partial charge in [0.05, 0.1) is 5.70 Å². The summed E-state index contributed by atoms with van der Waals surface area (Å²) in [6.45, 7) is 10.3. The molecule has 0 saturated carbocycles. The lowest BCUT2D eigenvalue weighted by atomic mass is 10.1. The van der Waals surface area contributed by atoms with Gasteiger partial charge in [0.15, 0.2) is 0 Å². The van der Waals surface area contributed by atoms with E-state index in [9.17, 15) is 9.59 Å². The first-order chi connectivity index (χ1) is 8.36. The minimum absolute atomic E-state index is 0.290. The summed E-state index contributed by atoms with van der Waals surface area (Å²) in [4.78, 5) is 24.6. The average Bonchev–Trinajstić information content (AvgIpc) is 2.28. The van der Waals surface area contributed by atoms with Gasteiger partial charge >= 0.3 is 0 Å². The van der Waals surface area contributed by atoms with Crippen molar-refractivity contribution in [2.24, 2.45) is 0 Å². The summed E-state index contributed by atoms with van der Waals surface area (Å²) in [7, 11) is 0. The number of benzene rings is 1. The van der Waals surface area contributed by atoms with E-state index in [-0.39, 0.29) is 5.91 Å². The molecule has 0 radical (unpaired) electrons. The van der Waals surface area contributed by atoms with E-state index in [0.29, 0.717) is 16.8 Å². The summed E-state index contributed by atoms with van der Waals surface area (Å²) < 4.78 is 0.774. The Morgan fingerprint density at radius 1 is 1.17 bits per heavy atom. The van der Waals surface area contributed by atoms with Gasteiger partial charge in [0, 0.05) is 22.5 Å². The number of carbonyl (C=O) groups excluding carboxylic acids is 2. The molecule has 0 unspecified atom stereocenters. The molecule has 0 aliphatic carbocycles. The lowest BCUT2D eigenvalue weighted by molar-refractivity contribution is -0.136. The molecule has 4 heteroatoms. The lowest BCUT2D eigenvalue weighted by Gasteiger charge is -2.22. The number of imide groups is 1. The Balaban J connectivity index is 3.21. The largest absolute Gasteiger partial charge is 0.274 e. The van der Waals surface area contributed by atoms with E-state index in [1.54, 1.807) is 13.0 Å². The van der Waals surface area contributed by atoms with Crippen molar-refractivity contribution in [1.82, 2.24) is 4.90 Å². The highest BCUT2D eigenvalue weighted by Crippen LogP contribution is 2.26. The quantitative estimate of drug-likeness (QED) is 0.803. The molecule has 0 heterocycles. The molecule has 0 aliphatic rings. The van der Waals surface area contributed by atoms with Crippen molar-refractivity contribution in [3.05, 3.63) is 53.0 Å². The standard InChI is InChI=1S/C14H14BrNO2/c1-9(2)14(18)16(11(4)17)10(3)12-7-5-6-8-13(12)15/h5-8H,1,3H2,2,4H3. The first-order valence-electron chi connectivity index (χ1n) is 5.30. The van der Waals surface area contributed by atoms with Crippen LogP contribution in [-0.4, -0.2) is 16.7 Å². The minimum atomic E-state index is -0.441. The molecule has 0 aliphatic heterocycles. The summed E-state index contributed by atoms with van der Waals surface area (Å²) in [6, 6.07) is 7.27. The Hall–Kier alpha value is -1.68. The summed E-state index contributed by atoms with van der Waals surface area (Å²) in [5, 5.41) is 0. The highest BCUT2D eigenvalue weighted by atomic mass is 79.9. The molecule has 0 atom stereocenters. The van der Waals surface area contributed by atoms with Crippen LogP contribution in [0.4, 0.5) is 0 Å². The van der Waals surface area contributed by atoms with E-state index < -0.39 is 5.91 Å². The van der Waals surface area contributed by atoms with E-state index in [1.807, 2.05) is 18.2 Å². The molecule has 0 aromatic heterocycles. The monoisotopic (exact) mass is 307 g/mol. The Bertz CT molecular complexity index is 534. The molecule has 2 amide bonds. The molecule has 1 rings (SSSR count). The van der Waals surface area contributed by atoms with Gasteiger partial charge in [-0.3, -0.25) is 9.59 Å². The number of hydrogen-bond acceptors (Lipinski definition) is 2. The van der Waals surface area contributed by atoms with Crippen LogP contribution in [0.15, 0.2) is 47.5 Å². The fraction of sp³-hybridized carbons (Fsp3) is 0.143. The van der Waals surface area contributed by atoms with E-state index in [0.717, 1.165) is 9.37 Å². The van der Waals surface area contributed by atoms with Gasteiger partial charge in [0.25, 0.3) is 5.91 Å². The van der Waals surface area contributed by atoms with Crippen molar-refractivity contribution in [3.8, 4) is 0 Å². The zero-order valence-electron chi connectivity index (χ0n) is 10.4. The van der Waals surface area contributed by atoms with Crippen molar-refractivity contribution in [2.45, 2.75) is 13.8 Å². The normalized spacial score (nSPS) is 9.72. The molecule has 0 bridgehead atoms. The second kappa shape index (κ2) is 5.78. The summed E-state index contributed by atoms with van der Waals surface area (Å²) in [6.07, 6.45) is 0. The fourth-order valence-corrected chi connectivity index (χ4v) is 1.98. The fourth-order valence-electron chi connectivity index (χ4n) is 1.46. The highest BCUT2D eigenvalue weighted by Gasteiger charge is 2.23. The SMILES string of the molecule is C=C(C)C(=O)N(C(=C)c1ccccc1Br)C(C)=O. The van der Waals surface area contributed by atoms with Gasteiger partial charge in [-0.1, -0.05) is 47.3 Å². The van der Waals surface area contributed by atoms with Gasteiger partial charge in [0.1, 0.15) is 0 Å². The van der Waals surface area contributed by atoms with Crippen molar-refractivity contribution in [3.63, 3.8) is 0 Å². The van der Waals surface area contributed by atoms with E-state index in [1.165, 1.54) is 6.92 Å². The predicted octanol–water partition coefficient (Wildman–Crippen LogP) is 3.37. The van der Waals surface area contributed by atoms with E-state index in [4.69, 9.17) is 0 Å². The molecule has 0 N–H and O–H groups in total. The molecule has 94 valence electrons. The molecule has 3 nitrogen and oxygen atoms in total. The van der Waals surface area contributed by atoms with Crippen molar-refractivity contribution in [1.29, 1.82) is 0 Å². The number of amides is 2. The van der Waals surface area contributed by atoms with Crippen LogP contribution in [0.25, 0.3) is 5.70 Å². The van der Waals surface area contributed by atoms with Gasteiger partial charge in [-0.2, -0.15) is 0 Å². The molecular formula is C14H14BrNO2. The van der Waals surface area contributed by atoms with Gasteiger partial charge in [0.2, 0.25) is 5.91 Å². The maximum absolute atomic E-state index is 11.9. The van der Waals surface area contributed by atoms with Crippen LogP contribution in [0, 0.1) is 0 Å². The summed E-state index contributed by atoms with van der Waals surface area (Å²) >= 11 is 3.37. The van der Waals surface area contributed by atoms with Crippen molar-refractivity contribution < 1.29 is 9.59 Å². The molecule has 0 saturated heterocycles. The minimum Gasteiger partial charge on any atom is -0.274 e. The number of nitrogens with zero attached hydrogens (tertiary/aromatic N) is 1. The summed E-state index contributed by atoms with van der Waals surface area (Å²) in [5.74, 6) is -0.827. The Labute approximate surface area is 115 Å². The van der Waals surface area contributed by atoms with Crippen LogP contribution in [0.1, 0.15) is 19.4 Å². The third-order valence-electron chi connectivity index (χ3n) is 2.34. The van der Waals surface area contributed by atoms with Crippen molar-refractivity contribution >= 4 is 33.4 Å². The Morgan fingerprint density at radius 3 is 2.17 bits per heavy atom. The third-order valence-corrected chi connectivity index (χ3v) is 3.03. The van der Waals surface area contributed by atoms with Gasteiger partial charge in [-0.25, -0.2) is 4.90 Å². The summed E-state index contributed by atoms with van der Waals surface area (Å²) in [5.41, 5.74) is 1.32. The molecule has 0 spiro atoms. The molecule has 1 aromatic carbocycles. The Morgan fingerprint density at radius 2 is 1.72 bits per heavy atom. The zero-order chi connectivity index (χ0) is 13.9. The van der Waals surface area contributed by atoms with Gasteiger partial charge in [-0.05, 0) is 13.0 Å². The molecular weight excluding hydrogens is 294 g/mol. The van der Waals surface area contributed by atoms with Crippen LogP contribution in [0.2, 0.25) is 0 Å². The van der Waals surface area contributed by atoms with Crippen molar-refractivity contribution in [2.75, 3.05) is 0 Å². The van der Waals surface area contributed by atoms with Crippen LogP contribution < -0.4 is 0 Å². The lowest BCUT2D eigenvalue weighted by Crippen LogP contribution is -2.33. The molecule has 1 aromatic rings. The maximum Gasteiger partial charge on any atom is 0.260 e. The second-order valence-corrected chi connectivity index (χ2v) is 4.72. The van der Waals surface area contributed by atoms with Crippen LogP contribution >= 0.6 is 15.9 Å². The van der Waals surface area contributed by atoms with Crippen LogP contribution in [0.3, 0.4) is 0 Å². The number of hydrogen-bond donors (Lipinski definition) is 0. The smallest absolute Gasteiger partial charge is 0.260 e. The average molecular weight is 308 g/mol. The predicted molar refractivity (Wildman–Crippen MR) is 75.5 cm³/mol.